The molecular formula is C20H16FNO3S. The molecule has 0 aliphatic carbocycles. The monoisotopic (exact) mass is 369 g/mol. The number of nitrogens with one attached hydrogen (secondary N) is 1. The van der Waals surface area contributed by atoms with Gasteiger partial charge >= 0.3 is 5.97 Å². The van der Waals surface area contributed by atoms with Crippen molar-refractivity contribution in [3.8, 4) is 0 Å². The van der Waals surface area contributed by atoms with Crippen LogP contribution in [0.5, 0.6) is 0 Å². The number of hydrogen-bond donors (Lipinski definition) is 1. The zero-order valence-corrected chi connectivity index (χ0v) is 14.6. The average Bonchev–Trinajstić information content (AvgIpc) is 2.65. The zero-order valence-electron chi connectivity index (χ0n) is 13.8. The van der Waals surface area contributed by atoms with Crippen molar-refractivity contribution in [2.45, 2.75) is 4.90 Å². The largest absolute Gasteiger partial charge is 0.455 e. The molecule has 132 valence electrons. The van der Waals surface area contributed by atoms with Gasteiger partial charge in [0.2, 0.25) is 0 Å². The van der Waals surface area contributed by atoms with Crippen LogP contribution in [0.1, 0.15) is 0 Å². The molecule has 0 saturated carbocycles. The molecular weight excluding hydrogens is 353 g/mol. The van der Waals surface area contributed by atoms with Gasteiger partial charge in [-0.15, -0.1) is 11.8 Å². The van der Waals surface area contributed by atoms with E-state index in [0.717, 1.165) is 22.5 Å². The Morgan fingerprint density at radius 2 is 1.69 bits per heavy atom. The summed E-state index contributed by atoms with van der Waals surface area (Å²) in [5.41, 5.74) is 0.630. The maximum absolute atomic E-state index is 13.5. The van der Waals surface area contributed by atoms with Gasteiger partial charge in [0.25, 0.3) is 5.91 Å². The summed E-state index contributed by atoms with van der Waals surface area (Å²) in [6.45, 7) is -0.385. The van der Waals surface area contributed by atoms with Gasteiger partial charge in [-0.25, -0.2) is 4.39 Å². The molecule has 3 aromatic rings. The molecule has 0 aliphatic heterocycles. The lowest BCUT2D eigenvalue weighted by Gasteiger charge is -2.08. The molecule has 0 radical (unpaired) electrons. The van der Waals surface area contributed by atoms with E-state index in [2.05, 4.69) is 5.32 Å². The van der Waals surface area contributed by atoms with Crippen molar-refractivity contribution in [3.63, 3.8) is 0 Å². The van der Waals surface area contributed by atoms with Crippen molar-refractivity contribution in [2.75, 3.05) is 17.7 Å². The predicted molar refractivity (Wildman–Crippen MR) is 101 cm³/mol. The van der Waals surface area contributed by atoms with Gasteiger partial charge < -0.3 is 10.1 Å². The van der Waals surface area contributed by atoms with E-state index in [-0.39, 0.29) is 18.2 Å². The molecule has 1 N–H and O–H groups in total. The Balaban J connectivity index is 1.47. The normalized spacial score (nSPS) is 10.5. The van der Waals surface area contributed by atoms with E-state index >= 15 is 0 Å². The number of amides is 1. The molecule has 0 unspecified atom stereocenters. The van der Waals surface area contributed by atoms with Crippen molar-refractivity contribution in [2.24, 2.45) is 0 Å². The van der Waals surface area contributed by atoms with Crippen LogP contribution in [0.4, 0.5) is 10.1 Å². The first-order valence-corrected chi connectivity index (χ1v) is 8.92. The SMILES string of the molecule is O=C(COC(=O)CSc1ccccc1F)Nc1ccc2ccccc2c1. The van der Waals surface area contributed by atoms with Crippen LogP contribution in [0.25, 0.3) is 10.8 Å². The number of ether oxygens (including phenoxy) is 1. The third-order valence-corrected chi connectivity index (χ3v) is 4.60. The molecule has 0 saturated heterocycles. The smallest absolute Gasteiger partial charge is 0.316 e. The highest BCUT2D eigenvalue weighted by Gasteiger charge is 2.10. The number of anilines is 1. The lowest BCUT2D eigenvalue weighted by Crippen LogP contribution is -2.21. The van der Waals surface area contributed by atoms with Crippen molar-refractivity contribution in [1.29, 1.82) is 0 Å². The van der Waals surface area contributed by atoms with Gasteiger partial charge in [0.1, 0.15) is 5.82 Å². The van der Waals surface area contributed by atoms with Crippen LogP contribution in [0.2, 0.25) is 0 Å². The number of hydrogen-bond acceptors (Lipinski definition) is 4. The Hall–Kier alpha value is -2.86. The van der Waals surface area contributed by atoms with E-state index in [4.69, 9.17) is 4.74 Å². The number of esters is 1. The highest BCUT2D eigenvalue weighted by atomic mass is 32.2. The topological polar surface area (TPSA) is 55.4 Å². The standard InChI is InChI=1S/C20H16FNO3S/c21-17-7-3-4-8-18(17)26-13-20(24)25-12-19(23)22-16-10-9-14-5-1-2-6-15(14)11-16/h1-11H,12-13H2,(H,22,23). The minimum Gasteiger partial charge on any atom is -0.455 e. The second-order valence-electron chi connectivity index (χ2n) is 5.49. The van der Waals surface area contributed by atoms with Gasteiger partial charge in [0, 0.05) is 10.6 Å². The van der Waals surface area contributed by atoms with Crippen LogP contribution in [-0.2, 0) is 14.3 Å². The number of benzene rings is 3. The summed E-state index contributed by atoms with van der Waals surface area (Å²) < 4.78 is 18.4. The fourth-order valence-corrected chi connectivity index (χ4v) is 3.09. The van der Waals surface area contributed by atoms with Gasteiger partial charge in [-0.1, -0.05) is 42.5 Å². The number of rotatable bonds is 6. The first-order chi connectivity index (χ1) is 12.6. The Kier molecular flexibility index (Phi) is 5.86. The number of thioether (sulfide) groups is 1. The van der Waals surface area contributed by atoms with E-state index in [1.165, 1.54) is 6.07 Å². The van der Waals surface area contributed by atoms with Crippen molar-refractivity contribution >= 4 is 40.1 Å². The first kappa shape index (κ1) is 17.9. The fraction of sp³-hybridized carbons (Fsp3) is 0.100. The molecule has 0 fully saturated rings. The average molecular weight is 369 g/mol. The number of carbonyl (C=O) groups is 2. The summed E-state index contributed by atoms with van der Waals surface area (Å²) in [6.07, 6.45) is 0. The van der Waals surface area contributed by atoms with Crippen LogP contribution in [0.3, 0.4) is 0 Å². The number of halogens is 1. The number of fused-ring (bicyclic) bond motifs is 1. The van der Waals surface area contributed by atoms with E-state index in [9.17, 15) is 14.0 Å². The molecule has 3 aromatic carbocycles. The Labute approximate surface area is 154 Å². The summed E-state index contributed by atoms with van der Waals surface area (Å²) >= 11 is 1.03. The fourth-order valence-electron chi connectivity index (χ4n) is 2.35. The molecule has 0 aliphatic rings. The molecule has 0 bridgehead atoms. The molecule has 4 nitrogen and oxygen atoms in total. The summed E-state index contributed by atoms with van der Waals surface area (Å²) in [4.78, 5) is 24.0. The Morgan fingerprint density at radius 1 is 0.962 bits per heavy atom. The van der Waals surface area contributed by atoms with Crippen molar-refractivity contribution in [3.05, 3.63) is 72.5 Å². The summed E-state index contributed by atoms with van der Waals surface area (Å²) in [5, 5.41) is 4.76. The van der Waals surface area contributed by atoms with Crippen molar-refractivity contribution < 1.29 is 18.7 Å². The third-order valence-electron chi connectivity index (χ3n) is 3.58. The molecule has 0 atom stereocenters. The molecule has 0 heterocycles. The van der Waals surface area contributed by atoms with E-state index < -0.39 is 11.9 Å². The second-order valence-corrected chi connectivity index (χ2v) is 6.51. The first-order valence-electron chi connectivity index (χ1n) is 7.93. The highest BCUT2D eigenvalue weighted by Crippen LogP contribution is 2.21. The maximum atomic E-state index is 13.5. The van der Waals surface area contributed by atoms with E-state index in [1.54, 1.807) is 24.3 Å². The minimum absolute atomic E-state index is 0.0653. The van der Waals surface area contributed by atoms with Crippen LogP contribution in [0.15, 0.2) is 71.6 Å². The maximum Gasteiger partial charge on any atom is 0.316 e. The van der Waals surface area contributed by atoms with Crippen LogP contribution < -0.4 is 5.32 Å². The minimum atomic E-state index is -0.577. The molecule has 26 heavy (non-hydrogen) atoms. The second kappa shape index (κ2) is 8.49. The predicted octanol–water partition coefficient (Wildman–Crippen LogP) is 4.25. The highest BCUT2D eigenvalue weighted by molar-refractivity contribution is 8.00. The van der Waals surface area contributed by atoms with Crippen LogP contribution in [0, 0.1) is 5.82 Å². The Bertz CT molecular complexity index is 945. The van der Waals surface area contributed by atoms with Gasteiger partial charge in [-0.3, -0.25) is 9.59 Å². The molecule has 3 rings (SSSR count). The molecule has 0 aromatic heterocycles. The van der Waals surface area contributed by atoms with E-state index in [0.29, 0.717) is 10.6 Å². The third kappa shape index (κ3) is 4.83. The van der Waals surface area contributed by atoms with Gasteiger partial charge in [-0.2, -0.15) is 0 Å². The summed E-state index contributed by atoms with van der Waals surface area (Å²) in [5.74, 6) is -1.46. The lowest BCUT2D eigenvalue weighted by atomic mass is 10.1. The molecule has 0 spiro atoms. The van der Waals surface area contributed by atoms with Crippen molar-refractivity contribution in [1.82, 2.24) is 0 Å². The zero-order chi connectivity index (χ0) is 18.4. The summed E-state index contributed by atoms with van der Waals surface area (Å²) in [6, 6.07) is 19.5. The van der Waals surface area contributed by atoms with Gasteiger partial charge in [0.05, 0.1) is 5.75 Å². The van der Waals surface area contributed by atoms with Gasteiger partial charge in [0.15, 0.2) is 6.61 Å². The molecule has 6 heteroatoms. The van der Waals surface area contributed by atoms with E-state index in [1.807, 2.05) is 36.4 Å². The van der Waals surface area contributed by atoms with Gasteiger partial charge in [-0.05, 0) is 35.0 Å². The van der Waals surface area contributed by atoms with Crippen LogP contribution in [-0.4, -0.2) is 24.2 Å². The number of carbonyl (C=O) groups excluding carboxylic acids is 2. The van der Waals surface area contributed by atoms with Crippen LogP contribution >= 0.6 is 11.8 Å². The lowest BCUT2D eigenvalue weighted by molar-refractivity contribution is -0.144. The summed E-state index contributed by atoms with van der Waals surface area (Å²) in [7, 11) is 0. The quantitative estimate of drug-likeness (QED) is 0.521. The Morgan fingerprint density at radius 3 is 2.50 bits per heavy atom. The molecule has 1 amide bonds.